The molecule has 0 N–H and O–H groups in total. The van der Waals surface area contributed by atoms with Crippen molar-refractivity contribution in [2.75, 3.05) is 13.1 Å². The highest BCUT2D eigenvalue weighted by Crippen LogP contribution is 2.47. The lowest BCUT2D eigenvalue weighted by atomic mass is 9.90. The molecule has 1 aromatic rings. The van der Waals surface area contributed by atoms with Gasteiger partial charge in [0.05, 0.1) is 5.57 Å². The van der Waals surface area contributed by atoms with Crippen molar-refractivity contribution in [3.63, 3.8) is 0 Å². The Labute approximate surface area is 156 Å². The molecule has 2 aliphatic rings. The van der Waals surface area contributed by atoms with Gasteiger partial charge >= 0.3 is 6.18 Å². The van der Waals surface area contributed by atoms with Crippen LogP contribution in [0.25, 0.3) is 0 Å². The molecule has 2 fully saturated rings. The summed E-state index contributed by atoms with van der Waals surface area (Å²) in [4.78, 5) is 14.2. The third-order valence-corrected chi connectivity index (χ3v) is 5.43. The van der Waals surface area contributed by atoms with Crippen LogP contribution in [0.3, 0.4) is 0 Å². The van der Waals surface area contributed by atoms with Gasteiger partial charge in [0.15, 0.2) is 5.69 Å². The van der Waals surface area contributed by atoms with Crippen molar-refractivity contribution >= 4 is 5.91 Å². The van der Waals surface area contributed by atoms with Crippen LogP contribution in [0.4, 0.5) is 13.2 Å². The van der Waals surface area contributed by atoms with Crippen molar-refractivity contribution in [2.24, 2.45) is 17.8 Å². The van der Waals surface area contributed by atoms with E-state index in [-0.39, 0.29) is 29.2 Å². The summed E-state index contributed by atoms with van der Waals surface area (Å²) in [5.74, 6) is 0.0240. The van der Waals surface area contributed by atoms with Crippen molar-refractivity contribution in [3.8, 4) is 0 Å². The third-order valence-electron chi connectivity index (χ3n) is 5.43. The maximum atomic E-state index is 13.4. The number of allylic oxidation sites excluding steroid dienone is 5. The van der Waals surface area contributed by atoms with E-state index in [1.54, 1.807) is 30.0 Å². The molecule has 0 radical (unpaired) electrons. The molecular weight excluding hydrogens is 355 g/mol. The standard InChI is InChI=1S/C20H22F3N3O/c1-3-4-6-17(20(21,22)23)13(2)14-9-15-11-26(12-16(15)10-14)19(27)18-7-5-8-24-25-18/h3-8,14-16H,2,9-12H2,1H3/b4-3-,17-6+/t14?,15-,16+. The molecular formula is C20H22F3N3O. The van der Waals surface area contributed by atoms with Gasteiger partial charge < -0.3 is 4.90 Å². The van der Waals surface area contributed by atoms with E-state index in [0.717, 1.165) is 6.08 Å². The SMILES string of the molecule is C=C(/C(=C\C=C/C)C(F)(F)F)C1C[C@@H]2CN(C(=O)c3cccnn3)C[C@@H]2C1. The average Bonchev–Trinajstić information content (AvgIpc) is 3.20. The van der Waals surface area contributed by atoms with Crippen LogP contribution >= 0.6 is 0 Å². The van der Waals surface area contributed by atoms with Crippen LogP contribution in [0, 0.1) is 17.8 Å². The Balaban J connectivity index is 1.66. The first-order valence-corrected chi connectivity index (χ1v) is 8.97. The van der Waals surface area contributed by atoms with E-state index in [2.05, 4.69) is 16.8 Å². The highest BCUT2D eigenvalue weighted by atomic mass is 19.4. The van der Waals surface area contributed by atoms with E-state index in [0.29, 0.717) is 31.6 Å². The number of likely N-dealkylation sites (tertiary alicyclic amines) is 1. The summed E-state index contributed by atoms with van der Waals surface area (Å²) in [6.45, 7) is 6.53. The van der Waals surface area contributed by atoms with Gasteiger partial charge in [-0.25, -0.2) is 0 Å². The second-order valence-electron chi connectivity index (χ2n) is 7.14. The number of hydrogen-bond donors (Lipinski definition) is 0. The summed E-state index contributed by atoms with van der Waals surface area (Å²) in [5.41, 5.74) is -0.202. The van der Waals surface area contributed by atoms with Crippen molar-refractivity contribution in [2.45, 2.75) is 25.9 Å². The number of carbonyl (C=O) groups is 1. The van der Waals surface area contributed by atoms with Gasteiger partial charge in [0.25, 0.3) is 5.91 Å². The number of rotatable bonds is 4. The fourth-order valence-corrected chi connectivity index (χ4v) is 4.12. The lowest BCUT2D eigenvalue weighted by Gasteiger charge is -2.22. The number of nitrogens with zero attached hydrogens (tertiary/aromatic N) is 3. The van der Waals surface area contributed by atoms with Crippen LogP contribution in [-0.4, -0.2) is 40.3 Å². The molecule has 0 spiro atoms. The molecule has 1 saturated heterocycles. The Morgan fingerprint density at radius 3 is 2.48 bits per heavy atom. The predicted molar refractivity (Wildman–Crippen MR) is 95.7 cm³/mol. The molecule has 1 aliphatic carbocycles. The molecule has 2 heterocycles. The lowest BCUT2D eigenvalue weighted by Crippen LogP contribution is -2.31. The van der Waals surface area contributed by atoms with Gasteiger partial charge in [-0.1, -0.05) is 24.8 Å². The van der Waals surface area contributed by atoms with Gasteiger partial charge in [0.2, 0.25) is 0 Å². The predicted octanol–water partition coefficient (Wildman–Crippen LogP) is 4.20. The molecule has 1 unspecified atom stereocenters. The van der Waals surface area contributed by atoms with Crippen molar-refractivity contribution < 1.29 is 18.0 Å². The number of hydrogen-bond acceptors (Lipinski definition) is 3. The van der Waals surface area contributed by atoms with Gasteiger partial charge in [-0.3, -0.25) is 4.79 Å². The zero-order chi connectivity index (χ0) is 19.6. The highest BCUT2D eigenvalue weighted by molar-refractivity contribution is 5.92. The van der Waals surface area contributed by atoms with Gasteiger partial charge in [-0.15, -0.1) is 5.10 Å². The van der Waals surface area contributed by atoms with E-state index in [9.17, 15) is 18.0 Å². The molecule has 144 valence electrons. The fourth-order valence-electron chi connectivity index (χ4n) is 4.12. The normalized spacial score (nSPS) is 25.9. The Morgan fingerprint density at radius 1 is 1.30 bits per heavy atom. The van der Waals surface area contributed by atoms with Gasteiger partial charge in [-0.05, 0) is 55.2 Å². The van der Waals surface area contributed by atoms with E-state index in [1.165, 1.54) is 12.3 Å². The molecule has 3 atom stereocenters. The molecule has 7 heteroatoms. The summed E-state index contributed by atoms with van der Waals surface area (Å²) in [6, 6.07) is 3.28. The minimum absolute atomic E-state index is 0.154. The molecule has 1 amide bonds. The monoisotopic (exact) mass is 377 g/mol. The van der Waals surface area contributed by atoms with E-state index in [1.807, 2.05) is 0 Å². The first-order chi connectivity index (χ1) is 12.8. The van der Waals surface area contributed by atoms with Crippen molar-refractivity contribution in [1.29, 1.82) is 0 Å². The molecule has 27 heavy (non-hydrogen) atoms. The summed E-state index contributed by atoms with van der Waals surface area (Å²) in [5, 5.41) is 7.57. The molecule has 1 aromatic heterocycles. The van der Waals surface area contributed by atoms with Crippen LogP contribution in [-0.2, 0) is 0 Å². The van der Waals surface area contributed by atoms with Gasteiger partial charge in [0, 0.05) is 19.3 Å². The maximum absolute atomic E-state index is 13.4. The minimum atomic E-state index is -4.41. The third kappa shape index (κ3) is 4.12. The summed E-state index contributed by atoms with van der Waals surface area (Å²) >= 11 is 0. The lowest BCUT2D eigenvalue weighted by molar-refractivity contribution is -0.0900. The van der Waals surface area contributed by atoms with E-state index < -0.39 is 11.7 Å². The summed E-state index contributed by atoms with van der Waals surface area (Å²) in [6.07, 6.45) is 2.39. The molecule has 0 bridgehead atoms. The Morgan fingerprint density at radius 2 is 1.96 bits per heavy atom. The topological polar surface area (TPSA) is 46.1 Å². The fraction of sp³-hybridized carbons (Fsp3) is 0.450. The first-order valence-electron chi connectivity index (χ1n) is 8.97. The van der Waals surface area contributed by atoms with Crippen LogP contribution in [0.15, 0.2) is 54.3 Å². The summed E-state index contributed by atoms with van der Waals surface area (Å²) in [7, 11) is 0. The number of aromatic nitrogens is 2. The number of halogens is 3. The van der Waals surface area contributed by atoms with Crippen LogP contribution in [0.1, 0.15) is 30.3 Å². The Kier molecular flexibility index (Phi) is 5.48. The van der Waals surface area contributed by atoms with Crippen LogP contribution in [0.5, 0.6) is 0 Å². The second kappa shape index (κ2) is 7.66. The molecule has 3 rings (SSSR count). The molecule has 4 nitrogen and oxygen atoms in total. The maximum Gasteiger partial charge on any atom is 0.416 e. The zero-order valence-electron chi connectivity index (χ0n) is 15.1. The average molecular weight is 377 g/mol. The largest absolute Gasteiger partial charge is 0.416 e. The number of carbonyl (C=O) groups excluding carboxylic acids is 1. The molecule has 0 aromatic carbocycles. The van der Waals surface area contributed by atoms with Crippen LogP contribution < -0.4 is 0 Å². The second-order valence-corrected chi connectivity index (χ2v) is 7.14. The van der Waals surface area contributed by atoms with E-state index >= 15 is 0 Å². The van der Waals surface area contributed by atoms with Crippen molar-refractivity contribution in [3.05, 3.63) is 60.0 Å². The quantitative estimate of drug-likeness (QED) is 0.739. The smallest absolute Gasteiger partial charge is 0.337 e. The van der Waals surface area contributed by atoms with E-state index in [4.69, 9.17) is 0 Å². The molecule has 1 saturated carbocycles. The molecule has 1 aliphatic heterocycles. The highest BCUT2D eigenvalue weighted by Gasteiger charge is 2.46. The Hall–Kier alpha value is -2.44. The van der Waals surface area contributed by atoms with Crippen LogP contribution in [0.2, 0.25) is 0 Å². The Bertz CT molecular complexity index is 756. The minimum Gasteiger partial charge on any atom is -0.337 e. The van der Waals surface area contributed by atoms with Crippen molar-refractivity contribution in [1.82, 2.24) is 15.1 Å². The first kappa shape index (κ1) is 19.3. The van der Waals surface area contributed by atoms with Gasteiger partial charge in [0.1, 0.15) is 0 Å². The number of alkyl halides is 3. The summed E-state index contributed by atoms with van der Waals surface area (Å²) < 4.78 is 40.1. The number of amides is 1. The number of fused-ring (bicyclic) bond motifs is 1. The van der Waals surface area contributed by atoms with Gasteiger partial charge in [-0.2, -0.15) is 18.3 Å². The zero-order valence-corrected chi connectivity index (χ0v) is 15.1.